The van der Waals surface area contributed by atoms with E-state index in [9.17, 15) is 5.11 Å². The molecule has 0 bridgehead atoms. The highest BCUT2D eigenvalue weighted by Crippen LogP contribution is 2.31. The summed E-state index contributed by atoms with van der Waals surface area (Å²) in [6.45, 7) is 5.72. The van der Waals surface area contributed by atoms with E-state index in [1.54, 1.807) is 0 Å². The topological polar surface area (TPSA) is 55.2 Å². The standard InChI is InChI=1S/C10H13Cl3N2O2/c1-10(2,3)5(16)4-17-6-7(11)14-9(13)15-8(6)12/h5,16H,4H2,1-3H3/t5-/m1/s1. The molecule has 0 saturated heterocycles. The maximum absolute atomic E-state index is 9.81. The van der Waals surface area contributed by atoms with Crippen molar-refractivity contribution in [1.29, 1.82) is 0 Å². The van der Waals surface area contributed by atoms with Gasteiger partial charge in [-0.05, 0) is 17.0 Å². The van der Waals surface area contributed by atoms with E-state index in [1.165, 1.54) is 0 Å². The highest BCUT2D eigenvalue weighted by molar-refractivity contribution is 6.37. The van der Waals surface area contributed by atoms with Crippen LogP contribution in [0.1, 0.15) is 20.8 Å². The largest absolute Gasteiger partial charge is 0.485 e. The first-order valence-corrected chi connectivity index (χ1v) is 6.04. The molecule has 0 fully saturated rings. The number of hydrogen-bond acceptors (Lipinski definition) is 4. The molecule has 96 valence electrons. The molecule has 1 rings (SSSR count). The van der Waals surface area contributed by atoms with Gasteiger partial charge in [0.05, 0.1) is 6.10 Å². The number of aromatic nitrogens is 2. The van der Waals surface area contributed by atoms with E-state index in [4.69, 9.17) is 39.5 Å². The lowest BCUT2D eigenvalue weighted by Crippen LogP contribution is -2.32. The SMILES string of the molecule is CC(C)(C)[C@H](O)COc1c(Cl)nc(Cl)nc1Cl. The molecule has 1 aromatic heterocycles. The normalized spacial score (nSPS) is 13.6. The van der Waals surface area contributed by atoms with Gasteiger partial charge in [0.1, 0.15) is 6.61 Å². The van der Waals surface area contributed by atoms with Gasteiger partial charge >= 0.3 is 0 Å². The predicted octanol–water partition coefficient (Wildman–Crippen LogP) is 3.22. The summed E-state index contributed by atoms with van der Waals surface area (Å²) in [4.78, 5) is 7.41. The van der Waals surface area contributed by atoms with Crippen LogP contribution in [0.25, 0.3) is 0 Å². The zero-order valence-corrected chi connectivity index (χ0v) is 11.9. The second-order valence-electron chi connectivity index (χ2n) is 4.60. The number of nitrogens with zero attached hydrogens (tertiary/aromatic N) is 2. The number of aliphatic hydroxyl groups is 1. The molecule has 0 aliphatic rings. The molecule has 0 radical (unpaired) electrons. The molecular weight excluding hydrogens is 286 g/mol. The second-order valence-corrected chi connectivity index (χ2v) is 5.65. The third kappa shape index (κ3) is 4.14. The molecule has 0 aliphatic carbocycles. The lowest BCUT2D eigenvalue weighted by atomic mass is 9.90. The van der Waals surface area contributed by atoms with Crippen molar-refractivity contribution in [2.75, 3.05) is 6.61 Å². The first-order valence-electron chi connectivity index (χ1n) is 4.91. The van der Waals surface area contributed by atoms with Gasteiger partial charge in [-0.2, -0.15) is 0 Å². The fourth-order valence-electron chi connectivity index (χ4n) is 0.905. The van der Waals surface area contributed by atoms with Crippen molar-refractivity contribution in [2.45, 2.75) is 26.9 Å². The summed E-state index contributed by atoms with van der Waals surface area (Å²) >= 11 is 17.2. The quantitative estimate of drug-likeness (QED) is 0.688. The van der Waals surface area contributed by atoms with Crippen LogP contribution in [-0.2, 0) is 0 Å². The van der Waals surface area contributed by atoms with Crippen LogP contribution in [0, 0.1) is 5.41 Å². The van der Waals surface area contributed by atoms with Crippen molar-refractivity contribution in [3.05, 3.63) is 15.6 Å². The fourth-order valence-corrected chi connectivity index (χ4v) is 1.66. The molecule has 0 spiro atoms. The lowest BCUT2D eigenvalue weighted by Gasteiger charge is -2.25. The summed E-state index contributed by atoms with van der Waals surface area (Å²) in [5.74, 6) is 0.126. The van der Waals surface area contributed by atoms with Crippen molar-refractivity contribution < 1.29 is 9.84 Å². The lowest BCUT2D eigenvalue weighted by molar-refractivity contribution is 0.0217. The molecule has 0 amide bonds. The molecule has 0 aliphatic heterocycles. The Labute approximate surface area is 115 Å². The Kier molecular flexibility index (Phi) is 4.84. The highest BCUT2D eigenvalue weighted by Gasteiger charge is 2.24. The highest BCUT2D eigenvalue weighted by atomic mass is 35.5. The van der Waals surface area contributed by atoms with Gasteiger partial charge in [-0.1, -0.05) is 44.0 Å². The minimum absolute atomic E-state index is 0.0242. The zero-order valence-electron chi connectivity index (χ0n) is 9.67. The van der Waals surface area contributed by atoms with E-state index in [2.05, 4.69) is 9.97 Å². The summed E-state index contributed by atoms with van der Waals surface area (Å²) in [6, 6.07) is 0. The Morgan fingerprint density at radius 1 is 1.18 bits per heavy atom. The van der Waals surface area contributed by atoms with Crippen LogP contribution >= 0.6 is 34.8 Å². The maximum Gasteiger partial charge on any atom is 0.225 e. The van der Waals surface area contributed by atoms with Crippen LogP contribution in [0.4, 0.5) is 0 Å². The summed E-state index contributed by atoms with van der Waals surface area (Å²) in [5, 5.41) is 9.80. The van der Waals surface area contributed by atoms with Crippen molar-refractivity contribution >= 4 is 34.8 Å². The minimum atomic E-state index is -0.662. The molecule has 1 heterocycles. The number of rotatable bonds is 3. The smallest absolute Gasteiger partial charge is 0.225 e. The predicted molar refractivity (Wildman–Crippen MR) is 68.0 cm³/mol. The third-order valence-electron chi connectivity index (χ3n) is 2.14. The Hall–Kier alpha value is -0.290. The molecular formula is C10H13Cl3N2O2. The van der Waals surface area contributed by atoms with Crippen LogP contribution in [0.15, 0.2) is 0 Å². The van der Waals surface area contributed by atoms with Gasteiger partial charge in [0.15, 0.2) is 16.1 Å². The van der Waals surface area contributed by atoms with Crippen molar-refractivity contribution in [1.82, 2.24) is 9.97 Å². The molecule has 1 aromatic rings. The van der Waals surface area contributed by atoms with Gasteiger partial charge in [-0.3, -0.25) is 0 Å². The molecule has 7 heteroatoms. The molecule has 17 heavy (non-hydrogen) atoms. The van der Waals surface area contributed by atoms with Crippen LogP contribution < -0.4 is 4.74 Å². The fraction of sp³-hybridized carbons (Fsp3) is 0.600. The Bertz CT molecular complexity index is 384. The van der Waals surface area contributed by atoms with E-state index < -0.39 is 6.10 Å². The first-order chi connectivity index (χ1) is 7.71. The summed E-state index contributed by atoms with van der Waals surface area (Å²) in [6.07, 6.45) is -0.662. The number of aliphatic hydroxyl groups excluding tert-OH is 1. The second kappa shape index (κ2) is 5.57. The minimum Gasteiger partial charge on any atom is -0.485 e. The van der Waals surface area contributed by atoms with Crippen molar-refractivity contribution in [3.8, 4) is 5.75 Å². The summed E-state index contributed by atoms with van der Waals surface area (Å²) in [5.41, 5.74) is -0.299. The summed E-state index contributed by atoms with van der Waals surface area (Å²) in [7, 11) is 0. The number of hydrogen-bond donors (Lipinski definition) is 1. The van der Waals surface area contributed by atoms with Crippen LogP contribution in [0.2, 0.25) is 15.6 Å². The Morgan fingerprint density at radius 2 is 1.65 bits per heavy atom. The Morgan fingerprint density at radius 3 is 2.06 bits per heavy atom. The van der Waals surface area contributed by atoms with E-state index in [1.807, 2.05) is 20.8 Å². The summed E-state index contributed by atoms with van der Waals surface area (Å²) < 4.78 is 5.31. The van der Waals surface area contributed by atoms with Crippen LogP contribution in [0.3, 0.4) is 0 Å². The average Bonchev–Trinajstić information content (AvgIpc) is 2.13. The van der Waals surface area contributed by atoms with Gasteiger partial charge in [0.2, 0.25) is 5.28 Å². The molecule has 1 atom stereocenters. The molecule has 0 unspecified atom stereocenters. The van der Waals surface area contributed by atoms with Crippen LogP contribution in [-0.4, -0.2) is 27.8 Å². The number of ether oxygens (including phenoxy) is 1. The van der Waals surface area contributed by atoms with Crippen LogP contribution in [0.5, 0.6) is 5.75 Å². The van der Waals surface area contributed by atoms with E-state index in [0.29, 0.717) is 0 Å². The van der Waals surface area contributed by atoms with Gasteiger partial charge < -0.3 is 9.84 Å². The third-order valence-corrected chi connectivity index (χ3v) is 2.82. The van der Waals surface area contributed by atoms with Gasteiger partial charge in [0.25, 0.3) is 0 Å². The molecule has 0 aromatic carbocycles. The molecule has 4 nitrogen and oxygen atoms in total. The van der Waals surface area contributed by atoms with Gasteiger partial charge in [-0.25, -0.2) is 9.97 Å². The van der Waals surface area contributed by atoms with Crippen molar-refractivity contribution in [2.24, 2.45) is 5.41 Å². The van der Waals surface area contributed by atoms with E-state index in [-0.39, 0.29) is 33.4 Å². The first kappa shape index (κ1) is 14.8. The Balaban J connectivity index is 2.77. The molecule has 0 saturated carbocycles. The van der Waals surface area contributed by atoms with Gasteiger partial charge in [0, 0.05) is 0 Å². The maximum atomic E-state index is 9.81. The zero-order chi connectivity index (χ0) is 13.2. The van der Waals surface area contributed by atoms with Crippen molar-refractivity contribution in [3.63, 3.8) is 0 Å². The van der Waals surface area contributed by atoms with E-state index in [0.717, 1.165) is 0 Å². The number of halogens is 3. The van der Waals surface area contributed by atoms with E-state index >= 15 is 0 Å². The van der Waals surface area contributed by atoms with Gasteiger partial charge in [-0.15, -0.1) is 0 Å². The average molecular weight is 300 g/mol. The monoisotopic (exact) mass is 298 g/mol. The molecule has 1 N–H and O–H groups in total.